The van der Waals surface area contributed by atoms with Crippen LogP contribution in [-0.2, 0) is 0 Å². The molecular formula is C14H22N2O. The molecule has 1 heterocycles. The number of benzene rings is 1. The zero-order valence-corrected chi connectivity index (χ0v) is 10.5. The number of hydrogen-bond donors (Lipinski definition) is 2. The maximum atomic E-state index is 9.05. The summed E-state index contributed by atoms with van der Waals surface area (Å²) in [6.07, 6.45) is 2.00. The van der Waals surface area contributed by atoms with Crippen molar-refractivity contribution >= 4 is 5.69 Å². The normalized spacial score (nSPS) is 21.3. The molecule has 3 nitrogen and oxygen atoms in total. The van der Waals surface area contributed by atoms with Crippen molar-refractivity contribution in [2.45, 2.75) is 25.8 Å². The van der Waals surface area contributed by atoms with Crippen LogP contribution in [0.2, 0.25) is 0 Å². The Kier molecular flexibility index (Phi) is 4.40. The Balaban J connectivity index is 2.08. The first-order valence-corrected chi connectivity index (χ1v) is 6.45. The van der Waals surface area contributed by atoms with Gasteiger partial charge in [0, 0.05) is 31.4 Å². The third-order valence-electron chi connectivity index (χ3n) is 3.32. The van der Waals surface area contributed by atoms with Gasteiger partial charge in [-0.3, -0.25) is 0 Å². The molecule has 1 unspecified atom stereocenters. The molecule has 2 rings (SSSR count). The molecule has 1 aliphatic rings. The quantitative estimate of drug-likeness (QED) is 0.833. The highest BCUT2D eigenvalue weighted by atomic mass is 16.3. The van der Waals surface area contributed by atoms with Crippen LogP contribution in [0.4, 0.5) is 5.69 Å². The van der Waals surface area contributed by atoms with Gasteiger partial charge < -0.3 is 15.3 Å². The third-order valence-corrected chi connectivity index (χ3v) is 3.32. The van der Waals surface area contributed by atoms with Crippen molar-refractivity contribution in [2.24, 2.45) is 0 Å². The molecule has 0 saturated carbocycles. The summed E-state index contributed by atoms with van der Waals surface area (Å²) < 4.78 is 0. The predicted molar refractivity (Wildman–Crippen MR) is 71.5 cm³/mol. The summed E-state index contributed by atoms with van der Waals surface area (Å²) in [6, 6.07) is 9.06. The average Bonchev–Trinajstić information content (AvgIpc) is 2.55. The van der Waals surface area contributed by atoms with Crippen molar-refractivity contribution in [1.29, 1.82) is 0 Å². The molecule has 1 aromatic carbocycles. The molecule has 1 aliphatic heterocycles. The molecule has 1 atom stereocenters. The highest BCUT2D eigenvalue weighted by Gasteiger charge is 2.17. The van der Waals surface area contributed by atoms with Gasteiger partial charge in [-0.15, -0.1) is 0 Å². The zero-order chi connectivity index (χ0) is 12.1. The number of nitrogens with zero attached hydrogens (tertiary/aromatic N) is 1. The first-order chi connectivity index (χ1) is 8.29. The lowest BCUT2D eigenvalue weighted by atomic mass is 10.1. The Morgan fingerprint density at radius 3 is 3.12 bits per heavy atom. The Hall–Kier alpha value is -1.06. The Labute approximate surface area is 103 Å². The Bertz CT molecular complexity index is 354. The van der Waals surface area contributed by atoms with Gasteiger partial charge >= 0.3 is 0 Å². The van der Waals surface area contributed by atoms with Crippen LogP contribution < -0.4 is 10.2 Å². The molecule has 1 saturated heterocycles. The average molecular weight is 234 g/mol. The maximum Gasteiger partial charge on any atom is 0.0446 e. The number of nitrogens with one attached hydrogen (secondary N) is 1. The summed E-state index contributed by atoms with van der Waals surface area (Å²) in [7, 11) is 0. The first-order valence-electron chi connectivity index (χ1n) is 6.45. The minimum atomic E-state index is 0.263. The van der Waals surface area contributed by atoms with Crippen molar-refractivity contribution in [1.82, 2.24) is 5.32 Å². The number of aryl methyl sites for hydroxylation is 1. The lowest BCUT2D eigenvalue weighted by molar-refractivity contribution is 0.267. The van der Waals surface area contributed by atoms with Crippen LogP contribution in [-0.4, -0.2) is 37.4 Å². The van der Waals surface area contributed by atoms with Crippen LogP contribution in [0.25, 0.3) is 0 Å². The summed E-state index contributed by atoms with van der Waals surface area (Å²) in [5.74, 6) is 0. The highest BCUT2D eigenvalue weighted by molar-refractivity contribution is 5.48. The molecule has 0 bridgehead atoms. The molecule has 3 heteroatoms. The van der Waals surface area contributed by atoms with Crippen molar-refractivity contribution in [2.75, 3.05) is 31.1 Å². The molecule has 2 N–H and O–H groups in total. The van der Waals surface area contributed by atoms with Crippen LogP contribution >= 0.6 is 0 Å². The van der Waals surface area contributed by atoms with Crippen molar-refractivity contribution in [3.05, 3.63) is 29.8 Å². The van der Waals surface area contributed by atoms with E-state index in [0.29, 0.717) is 6.04 Å². The fraction of sp³-hybridized carbons (Fsp3) is 0.571. The van der Waals surface area contributed by atoms with Crippen molar-refractivity contribution in [3.63, 3.8) is 0 Å². The van der Waals surface area contributed by atoms with E-state index in [0.717, 1.165) is 32.5 Å². The standard InChI is InChI=1S/C14H22N2O/c1-12-4-2-5-14(10-12)16-8-3-7-15-13(11-16)6-9-17/h2,4-5,10,13,15,17H,3,6-9,11H2,1H3. The van der Waals surface area contributed by atoms with Gasteiger partial charge in [0.25, 0.3) is 0 Å². The largest absolute Gasteiger partial charge is 0.396 e. The molecule has 17 heavy (non-hydrogen) atoms. The lowest BCUT2D eigenvalue weighted by Crippen LogP contribution is -2.38. The molecule has 1 fully saturated rings. The SMILES string of the molecule is Cc1cccc(N2CCCNC(CCO)C2)c1. The molecule has 0 spiro atoms. The van der Waals surface area contributed by atoms with Gasteiger partial charge in [0.05, 0.1) is 0 Å². The third kappa shape index (κ3) is 3.45. The van der Waals surface area contributed by atoms with E-state index in [-0.39, 0.29) is 6.61 Å². The summed E-state index contributed by atoms with van der Waals surface area (Å²) in [5.41, 5.74) is 2.61. The molecule has 94 valence electrons. The van der Waals surface area contributed by atoms with Gasteiger partial charge in [0.15, 0.2) is 0 Å². The molecule has 1 aromatic rings. The number of anilines is 1. The Morgan fingerprint density at radius 1 is 1.47 bits per heavy atom. The van der Waals surface area contributed by atoms with E-state index >= 15 is 0 Å². The van der Waals surface area contributed by atoms with Crippen molar-refractivity contribution < 1.29 is 5.11 Å². The van der Waals surface area contributed by atoms with E-state index in [2.05, 4.69) is 41.4 Å². The van der Waals surface area contributed by atoms with Gasteiger partial charge in [-0.25, -0.2) is 0 Å². The summed E-state index contributed by atoms with van der Waals surface area (Å²) in [6.45, 7) is 5.53. The number of rotatable bonds is 3. The monoisotopic (exact) mass is 234 g/mol. The number of aliphatic hydroxyl groups is 1. The maximum absolute atomic E-state index is 9.05. The van der Waals surface area contributed by atoms with Crippen LogP contribution in [0, 0.1) is 6.92 Å². The first kappa shape index (κ1) is 12.4. The second-order valence-corrected chi connectivity index (χ2v) is 4.80. The topological polar surface area (TPSA) is 35.5 Å². The molecule has 0 radical (unpaired) electrons. The van der Waals surface area contributed by atoms with Crippen molar-refractivity contribution in [3.8, 4) is 0 Å². The van der Waals surface area contributed by atoms with E-state index in [4.69, 9.17) is 5.11 Å². The minimum absolute atomic E-state index is 0.263. The fourth-order valence-electron chi connectivity index (χ4n) is 2.41. The van der Waals surface area contributed by atoms with Crippen LogP contribution in [0.15, 0.2) is 24.3 Å². The van der Waals surface area contributed by atoms with Crippen LogP contribution in [0.5, 0.6) is 0 Å². The smallest absolute Gasteiger partial charge is 0.0446 e. The zero-order valence-electron chi connectivity index (χ0n) is 10.5. The second-order valence-electron chi connectivity index (χ2n) is 4.80. The minimum Gasteiger partial charge on any atom is -0.396 e. The van der Waals surface area contributed by atoms with Gasteiger partial charge in [0.1, 0.15) is 0 Å². The van der Waals surface area contributed by atoms with Gasteiger partial charge in [0.2, 0.25) is 0 Å². The van der Waals surface area contributed by atoms with Crippen LogP contribution in [0.3, 0.4) is 0 Å². The second kappa shape index (κ2) is 6.03. The van der Waals surface area contributed by atoms with E-state index < -0.39 is 0 Å². The summed E-state index contributed by atoms with van der Waals surface area (Å²) in [5, 5.41) is 12.5. The molecule has 0 amide bonds. The van der Waals surface area contributed by atoms with Gasteiger partial charge in [-0.2, -0.15) is 0 Å². The highest BCUT2D eigenvalue weighted by Crippen LogP contribution is 2.18. The molecule has 0 aliphatic carbocycles. The molecular weight excluding hydrogens is 212 g/mol. The van der Waals surface area contributed by atoms with E-state index in [1.807, 2.05) is 0 Å². The predicted octanol–water partition coefficient (Wildman–Crippen LogP) is 1.55. The summed E-state index contributed by atoms with van der Waals surface area (Å²) >= 11 is 0. The fourth-order valence-corrected chi connectivity index (χ4v) is 2.41. The van der Waals surface area contributed by atoms with Crippen LogP contribution in [0.1, 0.15) is 18.4 Å². The lowest BCUT2D eigenvalue weighted by Gasteiger charge is -2.26. The molecule has 0 aromatic heterocycles. The Morgan fingerprint density at radius 2 is 2.35 bits per heavy atom. The number of hydrogen-bond acceptors (Lipinski definition) is 3. The van der Waals surface area contributed by atoms with Gasteiger partial charge in [-0.1, -0.05) is 12.1 Å². The van der Waals surface area contributed by atoms with E-state index in [1.165, 1.54) is 11.3 Å². The van der Waals surface area contributed by atoms with E-state index in [1.54, 1.807) is 0 Å². The van der Waals surface area contributed by atoms with Gasteiger partial charge in [-0.05, 0) is 44.0 Å². The summed E-state index contributed by atoms with van der Waals surface area (Å²) in [4.78, 5) is 2.42. The van der Waals surface area contributed by atoms with E-state index in [9.17, 15) is 0 Å². The number of aliphatic hydroxyl groups excluding tert-OH is 1.